The van der Waals surface area contributed by atoms with Gasteiger partial charge in [0.05, 0.1) is 12.6 Å². The number of urea groups is 1. The molecule has 0 bridgehead atoms. The van der Waals surface area contributed by atoms with E-state index in [1.54, 1.807) is 11.8 Å². The van der Waals surface area contributed by atoms with Gasteiger partial charge >= 0.3 is 6.03 Å². The van der Waals surface area contributed by atoms with Crippen molar-refractivity contribution in [2.45, 2.75) is 19.4 Å². The minimum absolute atomic E-state index is 0.117. The Bertz CT molecular complexity index is 893. The fourth-order valence-corrected chi connectivity index (χ4v) is 3.45. The van der Waals surface area contributed by atoms with Crippen LogP contribution in [0.2, 0.25) is 0 Å². The van der Waals surface area contributed by atoms with Gasteiger partial charge in [0.15, 0.2) is 0 Å². The number of carbonyl (C=O) groups excluding carboxylic acids is 2. The Morgan fingerprint density at radius 2 is 2.00 bits per heavy atom. The van der Waals surface area contributed by atoms with E-state index in [0.717, 1.165) is 28.0 Å². The number of carbonyl (C=O) groups is 2. The van der Waals surface area contributed by atoms with Crippen molar-refractivity contribution in [1.82, 2.24) is 15.5 Å². The van der Waals surface area contributed by atoms with Gasteiger partial charge in [0.2, 0.25) is 0 Å². The van der Waals surface area contributed by atoms with Gasteiger partial charge in [0.25, 0.3) is 0 Å². The SMILES string of the molecule is CC(=O)C1CC(c2ccc(NC(=O)N3C=C4C=CNC=C4C3)cc2)=CCN1. The summed E-state index contributed by atoms with van der Waals surface area (Å²) in [6.07, 6.45) is 10.4. The van der Waals surface area contributed by atoms with Crippen molar-refractivity contribution in [3.63, 3.8) is 0 Å². The molecule has 0 aromatic heterocycles. The van der Waals surface area contributed by atoms with Crippen LogP contribution in [0, 0.1) is 0 Å². The monoisotopic (exact) mass is 362 g/mol. The molecule has 4 rings (SSSR count). The van der Waals surface area contributed by atoms with Crippen LogP contribution in [0.1, 0.15) is 18.9 Å². The summed E-state index contributed by atoms with van der Waals surface area (Å²) < 4.78 is 0. The second-order valence-electron chi connectivity index (χ2n) is 6.89. The molecule has 0 spiro atoms. The predicted molar refractivity (Wildman–Crippen MR) is 106 cm³/mol. The number of fused-ring (bicyclic) bond motifs is 1. The highest BCUT2D eigenvalue weighted by atomic mass is 16.2. The lowest BCUT2D eigenvalue weighted by Gasteiger charge is -2.22. The molecular formula is C21H22N4O2. The fraction of sp³-hybridized carbons (Fsp3) is 0.238. The molecule has 1 aromatic rings. The summed E-state index contributed by atoms with van der Waals surface area (Å²) in [6, 6.07) is 7.50. The number of dihydropyridines is 1. The highest BCUT2D eigenvalue weighted by molar-refractivity contribution is 5.91. The minimum Gasteiger partial charge on any atom is -0.367 e. The third-order valence-corrected chi connectivity index (χ3v) is 5.02. The van der Waals surface area contributed by atoms with Crippen LogP contribution in [-0.4, -0.2) is 35.8 Å². The molecule has 0 radical (unpaired) electrons. The van der Waals surface area contributed by atoms with Gasteiger partial charge < -0.3 is 16.0 Å². The lowest BCUT2D eigenvalue weighted by Crippen LogP contribution is -2.38. The predicted octanol–water partition coefficient (Wildman–Crippen LogP) is 2.75. The van der Waals surface area contributed by atoms with E-state index in [1.165, 1.54) is 0 Å². The molecule has 0 aliphatic carbocycles. The van der Waals surface area contributed by atoms with Gasteiger partial charge in [-0.3, -0.25) is 9.69 Å². The first-order chi connectivity index (χ1) is 13.1. The Labute approximate surface area is 158 Å². The van der Waals surface area contributed by atoms with Crippen molar-refractivity contribution in [2.24, 2.45) is 0 Å². The van der Waals surface area contributed by atoms with Gasteiger partial charge in [0, 0.05) is 30.8 Å². The smallest absolute Gasteiger partial charge is 0.326 e. The number of allylic oxidation sites excluding steroid dienone is 1. The number of rotatable bonds is 3. The van der Waals surface area contributed by atoms with E-state index in [4.69, 9.17) is 0 Å². The molecule has 0 saturated carbocycles. The number of nitrogens with zero attached hydrogens (tertiary/aromatic N) is 1. The van der Waals surface area contributed by atoms with Crippen molar-refractivity contribution in [3.05, 3.63) is 71.7 Å². The van der Waals surface area contributed by atoms with Gasteiger partial charge in [-0.05, 0) is 53.8 Å². The summed E-state index contributed by atoms with van der Waals surface area (Å²) in [4.78, 5) is 25.8. The van der Waals surface area contributed by atoms with Crippen LogP contribution in [-0.2, 0) is 4.79 Å². The molecule has 3 heterocycles. The van der Waals surface area contributed by atoms with Crippen LogP contribution in [0.25, 0.3) is 5.57 Å². The molecular weight excluding hydrogens is 340 g/mol. The molecule has 0 saturated heterocycles. The number of hydrogen-bond donors (Lipinski definition) is 3. The Balaban J connectivity index is 1.40. The zero-order valence-electron chi connectivity index (χ0n) is 15.2. The molecule has 1 unspecified atom stereocenters. The molecule has 6 heteroatoms. The van der Waals surface area contributed by atoms with E-state index >= 15 is 0 Å². The summed E-state index contributed by atoms with van der Waals surface area (Å²) in [5.74, 6) is 0.157. The molecule has 2 amide bonds. The normalized spacial score (nSPS) is 20.9. The lowest BCUT2D eigenvalue weighted by molar-refractivity contribution is -0.118. The third kappa shape index (κ3) is 3.71. The molecule has 0 fully saturated rings. The molecule has 6 nitrogen and oxygen atoms in total. The van der Waals surface area contributed by atoms with E-state index in [1.807, 2.05) is 48.9 Å². The summed E-state index contributed by atoms with van der Waals surface area (Å²) in [5, 5.41) is 9.18. The van der Waals surface area contributed by atoms with Crippen LogP contribution in [0.4, 0.5) is 10.5 Å². The third-order valence-electron chi connectivity index (χ3n) is 5.02. The minimum atomic E-state index is -0.156. The molecule has 1 aromatic carbocycles. The molecule has 3 aliphatic heterocycles. The van der Waals surface area contributed by atoms with Crippen molar-refractivity contribution in [3.8, 4) is 0 Å². The molecule has 1 atom stereocenters. The van der Waals surface area contributed by atoms with Crippen molar-refractivity contribution in [2.75, 3.05) is 18.4 Å². The molecule has 138 valence electrons. The first-order valence-electron chi connectivity index (χ1n) is 9.05. The van der Waals surface area contributed by atoms with Crippen LogP contribution in [0.15, 0.2) is 66.2 Å². The van der Waals surface area contributed by atoms with Crippen molar-refractivity contribution >= 4 is 23.1 Å². The maximum atomic E-state index is 12.5. The van der Waals surface area contributed by atoms with Gasteiger partial charge in [0.1, 0.15) is 5.78 Å². The number of amides is 2. The van der Waals surface area contributed by atoms with Crippen molar-refractivity contribution in [1.29, 1.82) is 0 Å². The Kier molecular flexibility index (Phi) is 4.64. The summed E-state index contributed by atoms with van der Waals surface area (Å²) in [5.41, 5.74) is 5.14. The van der Waals surface area contributed by atoms with E-state index in [0.29, 0.717) is 19.5 Å². The standard InChI is InChI=1S/C21H22N4O2/c1-14(26)20-10-16(7-9-23-20)15-2-4-19(5-3-15)24-21(27)25-12-17-6-8-22-11-18(17)13-25/h2-8,11-12,20,22-23H,9-10,13H2,1H3,(H,24,27). The fourth-order valence-electron chi connectivity index (χ4n) is 3.45. The highest BCUT2D eigenvalue weighted by Gasteiger charge is 2.23. The van der Waals surface area contributed by atoms with E-state index in [2.05, 4.69) is 22.0 Å². The van der Waals surface area contributed by atoms with Gasteiger partial charge in [-0.1, -0.05) is 18.2 Å². The number of Topliss-reactive ketones (excluding diaryl/α,β-unsaturated/α-hetero) is 1. The first-order valence-corrected chi connectivity index (χ1v) is 9.05. The summed E-state index contributed by atoms with van der Waals surface area (Å²) in [7, 11) is 0. The van der Waals surface area contributed by atoms with E-state index in [-0.39, 0.29) is 17.9 Å². The Morgan fingerprint density at radius 3 is 2.74 bits per heavy atom. The number of hydrogen-bond acceptors (Lipinski definition) is 4. The van der Waals surface area contributed by atoms with Crippen LogP contribution in [0.5, 0.6) is 0 Å². The Hall–Kier alpha value is -3.12. The van der Waals surface area contributed by atoms with Crippen LogP contribution < -0.4 is 16.0 Å². The quantitative estimate of drug-likeness (QED) is 0.773. The first kappa shape index (κ1) is 17.3. The molecule has 3 N–H and O–H groups in total. The van der Waals surface area contributed by atoms with E-state index in [9.17, 15) is 9.59 Å². The maximum absolute atomic E-state index is 12.5. The van der Waals surface area contributed by atoms with Crippen molar-refractivity contribution < 1.29 is 9.59 Å². The molecule has 3 aliphatic rings. The summed E-state index contributed by atoms with van der Waals surface area (Å²) in [6.45, 7) is 2.87. The number of anilines is 1. The van der Waals surface area contributed by atoms with Crippen LogP contribution >= 0.6 is 0 Å². The number of nitrogens with one attached hydrogen (secondary N) is 3. The largest absolute Gasteiger partial charge is 0.367 e. The second-order valence-corrected chi connectivity index (χ2v) is 6.89. The highest BCUT2D eigenvalue weighted by Crippen LogP contribution is 2.26. The topological polar surface area (TPSA) is 73.5 Å². The molecule has 27 heavy (non-hydrogen) atoms. The number of benzene rings is 1. The van der Waals surface area contributed by atoms with Gasteiger partial charge in [-0.15, -0.1) is 0 Å². The zero-order valence-corrected chi connectivity index (χ0v) is 15.2. The zero-order chi connectivity index (χ0) is 18.8. The Morgan fingerprint density at radius 1 is 1.19 bits per heavy atom. The summed E-state index contributed by atoms with van der Waals surface area (Å²) >= 11 is 0. The second kappa shape index (κ2) is 7.25. The van der Waals surface area contributed by atoms with Gasteiger partial charge in [-0.25, -0.2) is 4.79 Å². The lowest BCUT2D eigenvalue weighted by atomic mass is 9.93. The van der Waals surface area contributed by atoms with E-state index < -0.39 is 0 Å². The average Bonchev–Trinajstić information content (AvgIpc) is 3.13. The van der Waals surface area contributed by atoms with Crippen LogP contribution in [0.3, 0.4) is 0 Å². The maximum Gasteiger partial charge on any atom is 0.326 e. The number of ketones is 1. The van der Waals surface area contributed by atoms with Gasteiger partial charge in [-0.2, -0.15) is 0 Å². The average molecular weight is 362 g/mol.